The van der Waals surface area contributed by atoms with Crippen molar-refractivity contribution in [3.63, 3.8) is 0 Å². The molecule has 0 bridgehead atoms. The molecular weight excluding hydrogens is 580 g/mol. The van der Waals surface area contributed by atoms with E-state index in [4.69, 9.17) is 23.6 Å². The van der Waals surface area contributed by atoms with Crippen LogP contribution in [0.3, 0.4) is 0 Å². The lowest BCUT2D eigenvalue weighted by atomic mass is 10.0. The summed E-state index contributed by atoms with van der Waals surface area (Å²) in [6, 6.07) is -0.852. The third kappa shape index (κ3) is 8.92. The molecule has 1 aromatic rings. The van der Waals surface area contributed by atoms with E-state index in [-0.39, 0.29) is 6.29 Å². The molecule has 1 aliphatic rings. The fourth-order valence-corrected chi connectivity index (χ4v) is 5.63. The quantitative estimate of drug-likeness (QED) is 0.0707. The minimum Gasteiger partial charge on any atom is -0.394 e. The summed E-state index contributed by atoms with van der Waals surface area (Å²) in [7, 11) is -11.2. The van der Waals surface area contributed by atoms with Crippen LogP contribution in [0.1, 0.15) is 13.2 Å². The zero-order valence-electron chi connectivity index (χ0n) is 19.8. The largest absolute Gasteiger partial charge is 0.484 e. The number of H-pyrrole nitrogens is 1. The van der Waals surface area contributed by atoms with Gasteiger partial charge in [-0.2, -0.15) is 4.31 Å². The summed E-state index contributed by atoms with van der Waals surface area (Å²) in [5.41, 5.74) is -1.82. The number of hydrogen-bond donors (Lipinski definition) is 9. The summed E-state index contributed by atoms with van der Waals surface area (Å²) in [4.78, 5) is 65.7. The van der Waals surface area contributed by atoms with E-state index in [2.05, 4.69) is 4.31 Å². The topological polar surface area (TPSA) is 314 Å². The van der Waals surface area contributed by atoms with Crippen molar-refractivity contribution >= 4 is 27.8 Å². The van der Waals surface area contributed by atoms with E-state index in [1.807, 2.05) is 10.3 Å². The van der Waals surface area contributed by atoms with Gasteiger partial charge < -0.3 is 50.2 Å². The van der Waals surface area contributed by atoms with Gasteiger partial charge in [0, 0.05) is 19.2 Å². The number of aliphatic hydroxyl groups is 5. The van der Waals surface area contributed by atoms with Gasteiger partial charge >= 0.3 is 21.3 Å². The van der Waals surface area contributed by atoms with E-state index in [9.17, 15) is 53.8 Å². The maximum atomic E-state index is 13.0. The van der Waals surface area contributed by atoms with E-state index in [1.54, 1.807) is 0 Å². The minimum atomic E-state index is -5.70. The molecule has 9 atom stereocenters. The Morgan fingerprint density at radius 2 is 1.87 bits per heavy atom. The van der Waals surface area contributed by atoms with E-state index < -0.39 is 94.9 Å². The lowest BCUT2D eigenvalue weighted by molar-refractivity contribution is -0.129. The van der Waals surface area contributed by atoms with Crippen LogP contribution in [0.4, 0.5) is 0 Å². The van der Waals surface area contributed by atoms with Crippen LogP contribution in [0.5, 0.6) is 0 Å². The van der Waals surface area contributed by atoms with Gasteiger partial charge in [-0.25, -0.2) is 13.9 Å². The average molecular weight is 607 g/mol. The zero-order valence-corrected chi connectivity index (χ0v) is 21.6. The standard InChI is InChI=1S/C17H27N3O17P2/c1-7(23)18-8(4-21)12(25)13(26)9(5-22)36-39(33,37-38(30,31)32)34-6-10-14(27)15(28)16(35-10)20-3-2-11(24)19-17(20)29/h2-4,8-10,12-16,22,25-28H,5-6H2,1H3,(H,18,23)(H,19,24,29)(H2,30,31,32)/t8-,9+,10+,12+,13-,14+,15+,16+,39?/m0/s1. The fraction of sp³-hybridized carbons (Fsp3) is 0.647. The highest BCUT2D eigenvalue weighted by molar-refractivity contribution is 7.61. The highest BCUT2D eigenvalue weighted by Crippen LogP contribution is 2.62. The van der Waals surface area contributed by atoms with Gasteiger partial charge in [0.1, 0.15) is 49.0 Å². The van der Waals surface area contributed by atoms with Crippen LogP contribution in [-0.4, -0.2) is 113 Å². The number of carbonyl (C=O) groups is 2. The molecule has 0 aromatic carbocycles. The van der Waals surface area contributed by atoms with Gasteiger partial charge in [-0.3, -0.25) is 28.2 Å². The minimum absolute atomic E-state index is 0.0141. The van der Waals surface area contributed by atoms with Crippen LogP contribution in [0.25, 0.3) is 0 Å². The molecule has 2 heterocycles. The molecule has 0 radical (unpaired) electrons. The van der Waals surface area contributed by atoms with Crippen molar-refractivity contribution in [1.82, 2.24) is 14.9 Å². The zero-order chi connectivity index (χ0) is 29.7. The number of rotatable bonds is 14. The van der Waals surface area contributed by atoms with Crippen LogP contribution in [0, 0.1) is 0 Å². The molecule has 1 saturated heterocycles. The van der Waals surface area contributed by atoms with Gasteiger partial charge in [-0.05, 0) is 0 Å². The lowest BCUT2D eigenvalue weighted by Crippen LogP contribution is -2.53. The number of phosphoric acid groups is 2. The van der Waals surface area contributed by atoms with Gasteiger partial charge in [0.2, 0.25) is 5.91 Å². The molecule has 0 aliphatic carbocycles. The Labute approximate surface area is 217 Å². The first-order valence-corrected chi connectivity index (χ1v) is 13.7. The summed E-state index contributed by atoms with van der Waals surface area (Å²) < 4.78 is 44.0. The fourth-order valence-electron chi connectivity index (χ4n) is 3.33. The second-order valence-corrected chi connectivity index (χ2v) is 11.0. The molecule has 1 unspecified atom stereocenters. The molecule has 222 valence electrons. The number of hydrogen-bond acceptors (Lipinski definition) is 15. The number of aldehydes is 1. The predicted molar refractivity (Wildman–Crippen MR) is 122 cm³/mol. The molecular formula is C17H27N3O17P2. The maximum absolute atomic E-state index is 13.0. The molecule has 2 rings (SSSR count). The van der Waals surface area contributed by atoms with Crippen LogP contribution >= 0.6 is 15.6 Å². The first kappa shape index (κ1) is 33.0. The van der Waals surface area contributed by atoms with Crippen LogP contribution < -0.4 is 16.6 Å². The Morgan fingerprint density at radius 1 is 1.23 bits per heavy atom. The molecule has 22 heteroatoms. The Kier molecular flexibility index (Phi) is 11.4. The summed E-state index contributed by atoms with van der Waals surface area (Å²) >= 11 is 0. The Morgan fingerprint density at radius 3 is 2.38 bits per heavy atom. The Balaban J connectivity index is 2.23. The summed E-state index contributed by atoms with van der Waals surface area (Å²) in [5, 5.41) is 52.5. The monoisotopic (exact) mass is 607 g/mol. The number of nitrogens with zero attached hydrogens (tertiary/aromatic N) is 1. The van der Waals surface area contributed by atoms with E-state index >= 15 is 0 Å². The summed E-state index contributed by atoms with van der Waals surface area (Å²) in [6.07, 6.45) is -12.8. The molecule has 1 fully saturated rings. The van der Waals surface area contributed by atoms with Gasteiger partial charge in [0.05, 0.1) is 13.2 Å². The van der Waals surface area contributed by atoms with Crippen molar-refractivity contribution < 1.29 is 72.1 Å². The van der Waals surface area contributed by atoms with Crippen molar-refractivity contribution in [3.05, 3.63) is 33.1 Å². The van der Waals surface area contributed by atoms with E-state index in [0.717, 1.165) is 19.2 Å². The lowest BCUT2D eigenvalue weighted by Gasteiger charge is -2.30. The predicted octanol–water partition coefficient (Wildman–Crippen LogP) is -4.81. The highest BCUT2D eigenvalue weighted by Gasteiger charge is 2.48. The van der Waals surface area contributed by atoms with Crippen molar-refractivity contribution in [2.45, 2.75) is 55.8 Å². The van der Waals surface area contributed by atoms with Crippen LogP contribution in [-0.2, 0) is 36.8 Å². The molecule has 1 amide bonds. The second-order valence-electron chi connectivity index (χ2n) is 8.05. The molecule has 0 spiro atoms. The number of amides is 1. The number of nitrogens with one attached hydrogen (secondary N) is 2. The first-order chi connectivity index (χ1) is 18.0. The van der Waals surface area contributed by atoms with Crippen LogP contribution in [0.2, 0.25) is 0 Å². The Hall–Kier alpha value is -2.16. The first-order valence-electron chi connectivity index (χ1n) is 10.7. The van der Waals surface area contributed by atoms with E-state index in [0.29, 0.717) is 4.57 Å². The van der Waals surface area contributed by atoms with Crippen molar-refractivity contribution in [3.8, 4) is 0 Å². The normalized spacial score (nSPS) is 26.3. The molecule has 9 N–H and O–H groups in total. The van der Waals surface area contributed by atoms with Gasteiger partial charge in [-0.15, -0.1) is 0 Å². The molecule has 0 saturated carbocycles. The smallest absolute Gasteiger partial charge is 0.394 e. The molecule has 1 aliphatic heterocycles. The van der Waals surface area contributed by atoms with Gasteiger partial charge in [-0.1, -0.05) is 0 Å². The number of aromatic amines is 1. The number of carbonyl (C=O) groups excluding carboxylic acids is 2. The highest BCUT2D eigenvalue weighted by atomic mass is 31.3. The van der Waals surface area contributed by atoms with Crippen molar-refractivity contribution in [2.24, 2.45) is 0 Å². The number of phosphoric ester groups is 1. The van der Waals surface area contributed by atoms with Gasteiger partial charge in [0.15, 0.2) is 6.23 Å². The number of ether oxygens (including phenoxy) is 1. The third-order valence-electron chi connectivity index (χ3n) is 5.13. The number of aromatic nitrogens is 2. The van der Waals surface area contributed by atoms with Crippen molar-refractivity contribution in [1.29, 1.82) is 0 Å². The summed E-state index contributed by atoms with van der Waals surface area (Å²) in [5.74, 6) is -0.807. The molecule has 1 aromatic heterocycles. The SMILES string of the molecule is CC(=O)N[C@@H](C=O)[C@@H](O)[C@@H](O)[C@@H](CO)OP(=O)(OC[C@H]1O[C@@H](n2ccc(=O)[nH]c2=O)[C@H](O)[C@@H]1O)OP(=O)(O)O. The number of aliphatic hydroxyl groups excluding tert-OH is 5. The van der Waals surface area contributed by atoms with Gasteiger partial charge in [0.25, 0.3) is 5.56 Å². The van der Waals surface area contributed by atoms with Crippen LogP contribution in [0.15, 0.2) is 21.9 Å². The van der Waals surface area contributed by atoms with Crippen molar-refractivity contribution in [2.75, 3.05) is 13.2 Å². The molecule has 20 nitrogen and oxygen atoms in total. The second kappa shape index (κ2) is 13.5. The third-order valence-corrected chi connectivity index (χ3v) is 7.77. The summed E-state index contributed by atoms with van der Waals surface area (Å²) in [6.45, 7) is -1.44. The molecule has 39 heavy (non-hydrogen) atoms. The maximum Gasteiger partial charge on any atom is 0.484 e. The average Bonchev–Trinajstić information content (AvgIpc) is 3.11. The van der Waals surface area contributed by atoms with E-state index in [1.165, 1.54) is 0 Å². The Bertz CT molecular complexity index is 1220.